The zero-order valence-electron chi connectivity index (χ0n) is 10.2. The minimum atomic E-state index is -0.149. The Morgan fingerprint density at radius 3 is 2.76 bits per heavy atom. The molecule has 94 valence electrons. The largest absolute Gasteiger partial charge is 0.466 e. The summed E-state index contributed by atoms with van der Waals surface area (Å²) < 4.78 is 11.0. The molecule has 0 heterocycles. The molecular formula is C13H17BrO3. The predicted octanol–water partition coefficient (Wildman–Crippen LogP) is 3.09. The van der Waals surface area contributed by atoms with E-state index in [-0.39, 0.29) is 5.97 Å². The predicted molar refractivity (Wildman–Crippen MR) is 69.8 cm³/mol. The van der Waals surface area contributed by atoms with Crippen LogP contribution in [0.4, 0.5) is 0 Å². The van der Waals surface area contributed by atoms with Gasteiger partial charge in [0, 0.05) is 18.0 Å². The lowest BCUT2D eigenvalue weighted by atomic mass is 10.1. The molecule has 0 aliphatic heterocycles. The molecule has 0 aromatic heterocycles. The molecule has 0 aliphatic carbocycles. The third kappa shape index (κ3) is 4.88. The Labute approximate surface area is 110 Å². The fourth-order valence-corrected chi connectivity index (χ4v) is 2.04. The second-order valence-corrected chi connectivity index (χ2v) is 4.52. The zero-order chi connectivity index (χ0) is 12.7. The van der Waals surface area contributed by atoms with Gasteiger partial charge in [-0.1, -0.05) is 28.1 Å². The van der Waals surface area contributed by atoms with Crippen molar-refractivity contribution in [2.45, 2.75) is 26.4 Å². The van der Waals surface area contributed by atoms with Gasteiger partial charge in [-0.2, -0.15) is 0 Å². The fourth-order valence-electron chi connectivity index (χ4n) is 1.50. The van der Waals surface area contributed by atoms with E-state index in [1.54, 1.807) is 7.11 Å². The van der Waals surface area contributed by atoms with Crippen molar-refractivity contribution in [3.8, 4) is 0 Å². The Kier molecular flexibility index (Phi) is 6.22. The van der Waals surface area contributed by atoms with Crippen LogP contribution in [-0.2, 0) is 27.3 Å². The molecule has 0 aliphatic rings. The lowest BCUT2D eigenvalue weighted by molar-refractivity contribution is -0.143. The van der Waals surface area contributed by atoms with Crippen molar-refractivity contribution in [2.75, 3.05) is 13.7 Å². The molecule has 1 aromatic rings. The quantitative estimate of drug-likeness (QED) is 0.757. The number of carbonyl (C=O) groups is 1. The Hall–Kier alpha value is -0.870. The normalized spacial score (nSPS) is 10.3. The van der Waals surface area contributed by atoms with Crippen molar-refractivity contribution < 1.29 is 14.3 Å². The van der Waals surface area contributed by atoms with Crippen molar-refractivity contribution in [3.63, 3.8) is 0 Å². The first-order chi connectivity index (χ1) is 8.17. The number of hydrogen-bond donors (Lipinski definition) is 0. The van der Waals surface area contributed by atoms with E-state index in [0.717, 1.165) is 15.6 Å². The van der Waals surface area contributed by atoms with E-state index >= 15 is 0 Å². The van der Waals surface area contributed by atoms with Gasteiger partial charge in [0.2, 0.25) is 0 Å². The second-order valence-electron chi connectivity index (χ2n) is 3.66. The van der Waals surface area contributed by atoms with Crippen LogP contribution < -0.4 is 0 Å². The van der Waals surface area contributed by atoms with Crippen LogP contribution in [-0.4, -0.2) is 19.7 Å². The summed E-state index contributed by atoms with van der Waals surface area (Å²) in [6, 6.07) is 6.04. The first-order valence-corrected chi connectivity index (χ1v) is 6.38. The highest BCUT2D eigenvalue weighted by molar-refractivity contribution is 9.10. The maximum Gasteiger partial charge on any atom is 0.306 e. The first kappa shape index (κ1) is 14.2. The van der Waals surface area contributed by atoms with Crippen LogP contribution in [0.2, 0.25) is 0 Å². The molecule has 0 saturated carbocycles. The molecule has 0 spiro atoms. The van der Waals surface area contributed by atoms with Gasteiger partial charge in [0.1, 0.15) is 0 Å². The van der Waals surface area contributed by atoms with E-state index in [4.69, 9.17) is 9.47 Å². The van der Waals surface area contributed by atoms with Crippen molar-refractivity contribution in [1.82, 2.24) is 0 Å². The SMILES string of the molecule is CCOC(=O)CCc1ccc(COC)c(Br)c1. The van der Waals surface area contributed by atoms with Gasteiger partial charge in [-0.25, -0.2) is 0 Å². The number of rotatable bonds is 6. The summed E-state index contributed by atoms with van der Waals surface area (Å²) in [5.74, 6) is -0.149. The number of carbonyl (C=O) groups excluding carboxylic acids is 1. The maximum absolute atomic E-state index is 11.2. The van der Waals surface area contributed by atoms with Crippen LogP contribution in [0.5, 0.6) is 0 Å². The van der Waals surface area contributed by atoms with Gasteiger partial charge in [-0.3, -0.25) is 4.79 Å². The lowest BCUT2D eigenvalue weighted by Crippen LogP contribution is -2.05. The van der Waals surface area contributed by atoms with E-state index in [9.17, 15) is 4.79 Å². The summed E-state index contributed by atoms with van der Waals surface area (Å²) in [4.78, 5) is 11.2. The van der Waals surface area contributed by atoms with Gasteiger partial charge in [0.05, 0.1) is 13.2 Å². The molecule has 17 heavy (non-hydrogen) atoms. The van der Waals surface area contributed by atoms with Crippen LogP contribution in [0.15, 0.2) is 22.7 Å². The average Bonchev–Trinajstić information content (AvgIpc) is 2.30. The maximum atomic E-state index is 11.2. The first-order valence-electron chi connectivity index (χ1n) is 5.59. The Balaban J connectivity index is 2.55. The van der Waals surface area contributed by atoms with Crippen LogP contribution in [0.3, 0.4) is 0 Å². The summed E-state index contributed by atoms with van der Waals surface area (Å²) in [5, 5.41) is 0. The Bertz CT molecular complexity index is 377. The summed E-state index contributed by atoms with van der Waals surface area (Å²) in [7, 11) is 1.67. The molecule has 0 radical (unpaired) electrons. The molecule has 0 unspecified atom stereocenters. The third-order valence-electron chi connectivity index (χ3n) is 2.34. The number of halogens is 1. The van der Waals surface area contributed by atoms with Crippen LogP contribution in [0.25, 0.3) is 0 Å². The van der Waals surface area contributed by atoms with E-state index in [1.165, 1.54) is 0 Å². The fraction of sp³-hybridized carbons (Fsp3) is 0.462. The lowest BCUT2D eigenvalue weighted by Gasteiger charge is -2.06. The average molecular weight is 301 g/mol. The number of ether oxygens (including phenoxy) is 2. The molecular weight excluding hydrogens is 284 g/mol. The Morgan fingerprint density at radius 2 is 2.18 bits per heavy atom. The van der Waals surface area contributed by atoms with E-state index in [1.807, 2.05) is 25.1 Å². The number of esters is 1. The molecule has 0 atom stereocenters. The van der Waals surface area contributed by atoms with Crippen molar-refractivity contribution >= 4 is 21.9 Å². The molecule has 3 nitrogen and oxygen atoms in total. The number of hydrogen-bond acceptors (Lipinski definition) is 3. The molecule has 0 N–H and O–H groups in total. The molecule has 1 aromatic carbocycles. The monoisotopic (exact) mass is 300 g/mol. The van der Waals surface area contributed by atoms with Gasteiger partial charge in [-0.05, 0) is 30.5 Å². The van der Waals surface area contributed by atoms with Gasteiger partial charge < -0.3 is 9.47 Å². The molecule has 0 bridgehead atoms. The van der Waals surface area contributed by atoms with Crippen molar-refractivity contribution in [3.05, 3.63) is 33.8 Å². The standard InChI is InChI=1S/C13H17BrO3/c1-3-17-13(15)7-5-10-4-6-11(9-16-2)12(14)8-10/h4,6,8H,3,5,7,9H2,1-2H3. The number of aryl methyl sites for hydroxylation is 1. The minimum Gasteiger partial charge on any atom is -0.466 e. The van der Waals surface area contributed by atoms with Crippen LogP contribution in [0, 0.1) is 0 Å². The van der Waals surface area contributed by atoms with Gasteiger partial charge >= 0.3 is 5.97 Å². The summed E-state index contributed by atoms with van der Waals surface area (Å²) in [5.41, 5.74) is 2.22. The summed E-state index contributed by atoms with van der Waals surface area (Å²) in [6.45, 7) is 2.84. The third-order valence-corrected chi connectivity index (χ3v) is 3.08. The minimum absolute atomic E-state index is 0.149. The number of benzene rings is 1. The smallest absolute Gasteiger partial charge is 0.306 e. The van der Waals surface area contributed by atoms with E-state index in [2.05, 4.69) is 15.9 Å². The van der Waals surface area contributed by atoms with Gasteiger partial charge in [0.15, 0.2) is 0 Å². The van der Waals surface area contributed by atoms with Crippen molar-refractivity contribution in [1.29, 1.82) is 0 Å². The van der Waals surface area contributed by atoms with E-state index < -0.39 is 0 Å². The molecule has 4 heteroatoms. The van der Waals surface area contributed by atoms with Crippen LogP contribution >= 0.6 is 15.9 Å². The van der Waals surface area contributed by atoms with Gasteiger partial charge in [-0.15, -0.1) is 0 Å². The topological polar surface area (TPSA) is 35.5 Å². The van der Waals surface area contributed by atoms with Crippen LogP contribution in [0.1, 0.15) is 24.5 Å². The van der Waals surface area contributed by atoms with E-state index in [0.29, 0.717) is 26.1 Å². The molecule has 0 saturated heterocycles. The van der Waals surface area contributed by atoms with Gasteiger partial charge in [0.25, 0.3) is 0 Å². The second kappa shape index (κ2) is 7.45. The molecule has 0 fully saturated rings. The summed E-state index contributed by atoms with van der Waals surface area (Å²) >= 11 is 3.49. The molecule has 1 rings (SSSR count). The number of methoxy groups -OCH3 is 1. The highest BCUT2D eigenvalue weighted by atomic mass is 79.9. The highest BCUT2D eigenvalue weighted by Gasteiger charge is 2.05. The Morgan fingerprint density at radius 1 is 1.41 bits per heavy atom. The van der Waals surface area contributed by atoms with Crippen molar-refractivity contribution in [2.24, 2.45) is 0 Å². The molecule has 0 amide bonds. The summed E-state index contributed by atoms with van der Waals surface area (Å²) in [6.07, 6.45) is 1.12. The zero-order valence-corrected chi connectivity index (χ0v) is 11.7. The highest BCUT2D eigenvalue weighted by Crippen LogP contribution is 2.20.